The van der Waals surface area contributed by atoms with E-state index >= 15 is 0 Å². The quantitative estimate of drug-likeness (QED) is 0.780. The molecular weight excluding hydrogens is 392 g/mol. The summed E-state index contributed by atoms with van der Waals surface area (Å²) in [6.07, 6.45) is 0.431. The third-order valence-electron chi connectivity index (χ3n) is 2.86. The van der Waals surface area contributed by atoms with Gasteiger partial charge in [0.05, 0.1) is 9.26 Å². The van der Waals surface area contributed by atoms with Crippen LogP contribution in [-0.4, -0.2) is 9.97 Å². The molecule has 2 N–H and O–H groups in total. The summed E-state index contributed by atoms with van der Waals surface area (Å²) in [5.41, 5.74) is 7.63. The minimum absolute atomic E-state index is 0.259. The molecule has 0 fully saturated rings. The number of halogens is 3. The van der Waals surface area contributed by atoms with Crippen molar-refractivity contribution in [2.75, 3.05) is 5.73 Å². The molecule has 1 aromatic heterocycles. The standard InChI is InChI=1S/C14H14ClFIN3/c1-7(2)13-12(17)14(18)20-11(19-13)5-8-3-4-9(16)6-10(8)15/h3-4,6-7H,5H2,1-2H3,(H2,18,19,20). The van der Waals surface area contributed by atoms with Crippen LogP contribution in [0.2, 0.25) is 5.02 Å². The van der Waals surface area contributed by atoms with Gasteiger partial charge in [0.15, 0.2) is 0 Å². The lowest BCUT2D eigenvalue weighted by Gasteiger charge is -2.12. The van der Waals surface area contributed by atoms with Crippen LogP contribution in [0.25, 0.3) is 0 Å². The molecule has 0 saturated carbocycles. The summed E-state index contributed by atoms with van der Waals surface area (Å²) in [7, 11) is 0. The lowest BCUT2D eigenvalue weighted by Crippen LogP contribution is -2.09. The van der Waals surface area contributed by atoms with Gasteiger partial charge in [-0.3, -0.25) is 0 Å². The second-order valence-electron chi connectivity index (χ2n) is 4.79. The molecule has 0 atom stereocenters. The van der Waals surface area contributed by atoms with Gasteiger partial charge in [-0.2, -0.15) is 0 Å². The largest absolute Gasteiger partial charge is 0.383 e. The van der Waals surface area contributed by atoms with E-state index in [0.717, 1.165) is 14.8 Å². The Morgan fingerprint density at radius 2 is 2.05 bits per heavy atom. The predicted octanol–water partition coefficient (Wildman–Crippen LogP) is 4.17. The Kier molecular flexibility index (Phi) is 4.80. The van der Waals surface area contributed by atoms with Crippen molar-refractivity contribution in [1.82, 2.24) is 9.97 Å². The Labute approximate surface area is 135 Å². The summed E-state index contributed by atoms with van der Waals surface area (Å²) in [4.78, 5) is 8.82. The summed E-state index contributed by atoms with van der Waals surface area (Å²) in [6, 6.07) is 4.31. The topological polar surface area (TPSA) is 51.8 Å². The van der Waals surface area contributed by atoms with Crippen LogP contribution in [0, 0.1) is 9.39 Å². The SMILES string of the molecule is CC(C)c1nc(Cc2ccc(F)cc2Cl)nc(N)c1I. The molecule has 3 nitrogen and oxygen atoms in total. The van der Waals surface area contributed by atoms with E-state index in [-0.39, 0.29) is 11.7 Å². The highest BCUT2D eigenvalue weighted by molar-refractivity contribution is 14.1. The molecule has 20 heavy (non-hydrogen) atoms. The Morgan fingerprint density at radius 1 is 1.35 bits per heavy atom. The van der Waals surface area contributed by atoms with Crippen molar-refractivity contribution in [3.8, 4) is 0 Å². The molecule has 0 bridgehead atoms. The molecule has 6 heteroatoms. The molecule has 0 amide bonds. The zero-order valence-electron chi connectivity index (χ0n) is 11.1. The molecule has 0 aliphatic carbocycles. The minimum Gasteiger partial charge on any atom is -0.383 e. The highest BCUT2D eigenvalue weighted by Crippen LogP contribution is 2.25. The van der Waals surface area contributed by atoms with Crippen LogP contribution in [0.5, 0.6) is 0 Å². The van der Waals surface area contributed by atoms with E-state index < -0.39 is 0 Å². The molecule has 0 aliphatic heterocycles. The Bertz CT molecular complexity index is 647. The van der Waals surface area contributed by atoms with E-state index in [9.17, 15) is 4.39 Å². The number of nitrogens with zero attached hydrogens (tertiary/aromatic N) is 2. The number of nitrogen functional groups attached to an aromatic ring is 1. The number of nitrogens with two attached hydrogens (primary N) is 1. The van der Waals surface area contributed by atoms with Gasteiger partial charge in [0.1, 0.15) is 17.5 Å². The van der Waals surface area contributed by atoms with E-state index in [2.05, 4.69) is 46.4 Å². The van der Waals surface area contributed by atoms with E-state index in [0.29, 0.717) is 23.1 Å². The van der Waals surface area contributed by atoms with Crippen LogP contribution in [0.15, 0.2) is 18.2 Å². The monoisotopic (exact) mass is 405 g/mol. The maximum absolute atomic E-state index is 13.0. The first-order chi connectivity index (χ1) is 9.38. The zero-order chi connectivity index (χ0) is 14.9. The van der Waals surface area contributed by atoms with E-state index in [1.54, 1.807) is 6.07 Å². The fourth-order valence-electron chi connectivity index (χ4n) is 1.83. The molecule has 106 valence electrons. The Morgan fingerprint density at radius 3 is 2.65 bits per heavy atom. The van der Waals surface area contributed by atoms with Gasteiger partial charge >= 0.3 is 0 Å². The van der Waals surface area contributed by atoms with Crippen LogP contribution >= 0.6 is 34.2 Å². The Hall–Kier alpha value is -0.950. The number of aromatic nitrogens is 2. The van der Waals surface area contributed by atoms with Crippen LogP contribution in [0.1, 0.15) is 36.8 Å². The zero-order valence-corrected chi connectivity index (χ0v) is 14.0. The third kappa shape index (κ3) is 3.38. The van der Waals surface area contributed by atoms with E-state index in [4.69, 9.17) is 17.3 Å². The van der Waals surface area contributed by atoms with Gasteiger partial charge in [0.2, 0.25) is 0 Å². The number of hydrogen-bond acceptors (Lipinski definition) is 3. The highest BCUT2D eigenvalue weighted by Gasteiger charge is 2.14. The van der Waals surface area contributed by atoms with Crippen molar-refractivity contribution >= 4 is 40.0 Å². The maximum Gasteiger partial charge on any atom is 0.140 e. The lowest BCUT2D eigenvalue weighted by atomic mass is 10.1. The number of rotatable bonds is 3. The van der Waals surface area contributed by atoms with E-state index in [1.165, 1.54) is 12.1 Å². The molecule has 1 heterocycles. The molecule has 0 saturated heterocycles. The minimum atomic E-state index is -0.357. The van der Waals surface area contributed by atoms with Gasteiger partial charge in [-0.05, 0) is 46.2 Å². The smallest absolute Gasteiger partial charge is 0.140 e. The van der Waals surface area contributed by atoms with Gasteiger partial charge in [-0.15, -0.1) is 0 Å². The average Bonchev–Trinajstić information content (AvgIpc) is 2.36. The molecule has 0 radical (unpaired) electrons. The first kappa shape index (κ1) is 15.4. The van der Waals surface area contributed by atoms with Crippen molar-refractivity contribution in [2.45, 2.75) is 26.2 Å². The number of benzene rings is 1. The molecule has 2 aromatic rings. The normalized spacial score (nSPS) is 11.1. The van der Waals surface area contributed by atoms with Crippen molar-refractivity contribution in [3.63, 3.8) is 0 Å². The van der Waals surface area contributed by atoms with Crippen molar-refractivity contribution < 1.29 is 4.39 Å². The van der Waals surface area contributed by atoms with Gasteiger partial charge < -0.3 is 5.73 Å². The van der Waals surface area contributed by atoms with E-state index in [1.807, 2.05) is 0 Å². The summed E-state index contributed by atoms with van der Waals surface area (Å²) in [6.45, 7) is 4.11. The molecule has 0 unspecified atom stereocenters. The van der Waals surface area contributed by atoms with Crippen molar-refractivity contribution in [2.24, 2.45) is 0 Å². The molecule has 1 aromatic carbocycles. The first-order valence-corrected chi connectivity index (χ1v) is 7.60. The maximum atomic E-state index is 13.0. The second kappa shape index (κ2) is 6.22. The molecule has 0 aliphatic rings. The fourth-order valence-corrected chi connectivity index (χ4v) is 2.93. The van der Waals surface area contributed by atoms with Crippen LogP contribution in [0.3, 0.4) is 0 Å². The first-order valence-electron chi connectivity index (χ1n) is 6.14. The van der Waals surface area contributed by atoms with Gasteiger partial charge in [-0.1, -0.05) is 31.5 Å². The number of hydrogen-bond donors (Lipinski definition) is 1. The average molecular weight is 406 g/mol. The highest BCUT2D eigenvalue weighted by atomic mass is 127. The van der Waals surface area contributed by atoms with Crippen LogP contribution in [-0.2, 0) is 6.42 Å². The second-order valence-corrected chi connectivity index (χ2v) is 6.28. The summed E-state index contributed by atoms with van der Waals surface area (Å²) < 4.78 is 13.9. The summed E-state index contributed by atoms with van der Waals surface area (Å²) in [5.74, 6) is 0.969. The van der Waals surface area contributed by atoms with Crippen LogP contribution in [0.4, 0.5) is 10.2 Å². The Balaban J connectivity index is 2.39. The summed E-state index contributed by atoms with van der Waals surface area (Å²) in [5, 5.41) is 0.372. The fraction of sp³-hybridized carbons (Fsp3) is 0.286. The third-order valence-corrected chi connectivity index (χ3v) is 4.32. The molecule has 0 spiro atoms. The molecular formula is C14H14ClFIN3. The van der Waals surface area contributed by atoms with Crippen LogP contribution < -0.4 is 5.73 Å². The lowest BCUT2D eigenvalue weighted by molar-refractivity contribution is 0.627. The summed E-state index contributed by atoms with van der Waals surface area (Å²) >= 11 is 8.18. The molecule has 2 rings (SSSR count). The van der Waals surface area contributed by atoms with Crippen molar-refractivity contribution in [3.05, 3.63) is 49.7 Å². The number of anilines is 1. The van der Waals surface area contributed by atoms with Gasteiger partial charge in [0.25, 0.3) is 0 Å². The van der Waals surface area contributed by atoms with Gasteiger partial charge in [0, 0.05) is 11.4 Å². The van der Waals surface area contributed by atoms with Gasteiger partial charge in [-0.25, -0.2) is 14.4 Å². The predicted molar refractivity (Wildman–Crippen MR) is 87.5 cm³/mol. The van der Waals surface area contributed by atoms with Crippen molar-refractivity contribution in [1.29, 1.82) is 0 Å².